The molecule has 0 N–H and O–H groups in total. The summed E-state index contributed by atoms with van der Waals surface area (Å²) in [6, 6.07) is 3.71. The van der Waals surface area contributed by atoms with Gasteiger partial charge in [0.2, 0.25) is 5.95 Å². The molecule has 2 saturated carbocycles. The Labute approximate surface area is 256 Å². The van der Waals surface area contributed by atoms with Crippen molar-refractivity contribution >= 4 is 27.4 Å². The van der Waals surface area contributed by atoms with Crippen LogP contribution in [0.4, 0.5) is 17.6 Å². The summed E-state index contributed by atoms with van der Waals surface area (Å²) in [6.45, 7) is 0. The second-order valence-corrected chi connectivity index (χ2v) is 14.3. The van der Waals surface area contributed by atoms with Gasteiger partial charge in [0, 0.05) is 50.4 Å². The molecule has 0 radical (unpaired) electrons. The minimum absolute atomic E-state index is 0.0653. The van der Waals surface area contributed by atoms with E-state index in [0.717, 1.165) is 17.7 Å². The minimum atomic E-state index is -3.29. The van der Waals surface area contributed by atoms with Crippen LogP contribution in [0.2, 0.25) is 0 Å². The predicted molar refractivity (Wildman–Crippen MR) is 158 cm³/mol. The first-order chi connectivity index (χ1) is 21.4. The molecular formula is C31H29F4N7O2S. The molecule has 3 aliphatic rings. The fourth-order valence-corrected chi connectivity index (χ4v) is 9.11. The van der Waals surface area contributed by atoms with Gasteiger partial charge >= 0.3 is 0 Å². The van der Waals surface area contributed by atoms with Crippen molar-refractivity contribution in [2.24, 2.45) is 12.5 Å². The van der Waals surface area contributed by atoms with Crippen LogP contribution in [-0.2, 0) is 23.2 Å². The third-order valence-electron chi connectivity index (χ3n) is 9.16. The fourth-order valence-electron chi connectivity index (χ4n) is 7.05. The van der Waals surface area contributed by atoms with Crippen molar-refractivity contribution in [3.63, 3.8) is 0 Å². The molecule has 0 aromatic carbocycles. The van der Waals surface area contributed by atoms with Crippen LogP contribution in [0.15, 0.2) is 65.7 Å². The first-order valence-electron chi connectivity index (χ1n) is 14.4. The van der Waals surface area contributed by atoms with Gasteiger partial charge in [-0.05, 0) is 61.4 Å². The standard InChI is InChI=1S/C31H29F4N7O2S/c1-40-18-25(17-38-40)45(2,44)42(24-13-31(34,35)14-24)22-4-3-20-9-27-19(15-39-41(27)23-5-6-28(33)37-16-23)11-30(20,12-22)29(43)26-10-21(32)7-8-36-26/h5-10,15-18,22,24H,2-4,11-14H2,1H3/t22-,30-,45?/m0/s1. The molecule has 14 heteroatoms. The normalized spacial score (nSPS) is 23.9. The number of hydrogen-bond acceptors (Lipinski definition) is 6. The minimum Gasteiger partial charge on any atom is -0.291 e. The van der Waals surface area contributed by atoms with E-state index >= 15 is 0 Å². The highest BCUT2D eigenvalue weighted by molar-refractivity contribution is 7.98. The van der Waals surface area contributed by atoms with Gasteiger partial charge in [-0.2, -0.15) is 14.6 Å². The molecule has 0 aliphatic heterocycles. The average molecular weight is 640 g/mol. The van der Waals surface area contributed by atoms with Crippen molar-refractivity contribution in [2.45, 2.75) is 61.4 Å². The van der Waals surface area contributed by atoms with E-state index < -0.39 is 63.5 Å². The number of carbonyl (C=O) groups excluding carboxylic acids is 1. The summed E-state index contributed by atoms with van der Waals surface area (Å²) in [4.78, 5) is 22.7. The molecule has 234 valence electrons. The molecule has 45 heavy (non-hydrogen) atoms. The number of allylic oxidation sites excluding steroid dienone is 1. The summed E-state index contributed by atoms with van der Waals surface area (Å²) in [5.74, 6) is -0.518. The number of hydrogen-bond donors (Lipinski definition) is 0. The van der Waals surface area contributed by atoms with Crippen LogP contribution in [0.5, 0.6) is 0 Å². The Balaban J connectivity index is 1.33. The van der Waals surface area contributed by atoms with Crippen LogP contribution in [0.25, 0.3) is 11.8 Å². The number of carbonyl (C=O) groups is 1. The van der Waals surface area contributed by atoms with Gasteiger partial charge in [0.05, 0.1) is 50.0 Å². The van der Waals surface area contributed by atoms with Gasteiger partial charge in [-0.3, -0.25) is 14.5 Å². The lowest BCUT2D eigenvalue weighted by atomic mass is 9.60. The number of ketones is 1. The summed E-state index contributed by atoms with van der Waals surface area (Å²) >= 11 is 0. The van der Waals surface area contributed by atoms with Gasteiger partial charge in [0.25, 0.3) is 5.92 Å². The van der Waals surface area contributed by atoms with Crippen LogP contribution in [0, 0.1) is 17.2 Å². The Bertz CT molecular complexity index is 1950. The quantitative estimate of drug-likeness (QED) is 0.124. The highest BCUT2D eigenvalue weighted by atomic mass is 32.2. The molecule has 3 atom stereocenters. The lowest BCUT2D eigenvalue weighted by molar-refractivity contribution is -0.115. The number of halogens is 4. The van der Waals surface area contributed by atoms with Crippen molar-refractivity contribution in [1.82, 2.24) is 33.8 Å². The Morgan fingerprint density at radius 1 is 1.07 bits per heavy atom. The summed E-state index contributed by atoms with van der Waals surface area (Å²) in [5.41, 5.74) is 1.36. The third-order valence-corrected chi connectivity index (χ3v) is 11.4. The molecule has 0 saturated heterocycles. The number of rotatable bonds is 7. The molecule has 4 heterocycles. The highest BCUT2D eigenvalue weighted by Gasteiger charge is 2.56. The Morgan fingerprint density at radius 3 is 2.53 bits per heavy atom. The van der Waals surface area contributed by atoms with Crippen molar-refractivity contribution in [1.29, 1.82) is 0 Å². The highest BCUT2D eigenvalue weighted by Crippen LogP contribution is 2.53. The van der Waals surface area contributed by atoms with Crippen LogP contribution in [0.3, 0.4) is 0 Å². The lowest BCUT2D eigenvalue weighted by Gasteiger charge is -2.52. The van der Waals surface area contributed by atoms with Crippen LogP contribution in [0.1, 0.15) is 53.8 Å². The van der Waals surface area contributed by atoms with Gasteiger partial charge in [-0.15, -0.1) is 0 Å². The SMILES string of the molecule is C=S(=O)(c1cnn(C)c1)N(C1CC(F)(F)C1)[C@H]1CCC2=Cc3c(cnn3-c3ccc(F)nc3)C[C@]2(C(=O)c2cc(F)ccn2)C1. The van der Waals surface area contributed by atoms with Gasteiger partial charge in [0.15, 0.2) is 5.78 Å². The summed E-state index contributed by atoms with van der Waals surface area (Å²) < 4.78 is 75.6. The second-order valence-electron chi connectivity index (χ2n) is 12.1. The van der Waals surface area contributed by atoms with E-state index in [1.54, 1.807) is 34.5 Å². The Kier molecular flexibility index (Phi) is 6.85. The van der Waals surface area contributed by atoms with E-state index in [0.29, 0.717) is 34.7 Å². The molecule has 1 unspecified atom stereocenters. The number of pyridine rings is 2. The zero-order valence-corrected chi connectivity index (χ0v) is 25.1. The van der Waals surface area contributed by atoms with Crippen molar-refractivity contribution < 1.29 is 26.6 Å². The molecule has 4 aromatic rings. The Hall–Kier alpha value is -4.17. The monoisotopic (exact) mass is 639 g/mol. The Morgan fingerprint density at radius 2 is 1.87 bits per heavy atom. The van der Waals surface area contributed by atoms with Gasteiger partial charge < -0.3 is 0 Å². The topological polar surface area (TPSA) is 98.8 Å². The van der Waals surface area contributed by atoms with Crippen LogP contribution in [-0.4, -0.2) is 67.7 Å². The summed E-state index contributed by atoms with van der Waals surface area (Å²) in [5, 5.41) is 8.63. The largest absolute Gasteiger partial charge is 0.291 e. The van der Waals surface area contributed by atoms with Crippen molar-refractivity contribution in [2.75, 3.05) is 0 Å². The predicted octanol–water partition coefficient (Wildman–Crippen LogP) is 4.83. The lowest BCUT2D eigenvalue weighted by Crippen LogP contribution is -2.59. The summed E-state index contributed by atoms with van der Waals surface area (Å²) in [6.07, 6.45) is 9.16. The van der Waals surface area contributed by atoms with Crippen LogP contribution < -0.4 is 0 Å². The molecule has 2 fully saturated rings. The zero-order valence-electron chi connectivity index (χ0n) is 24.2. The molecular weight excluding hydrogens is 610 g/mol. The van der Waals surface area contributed by atoms with Crippen LogP contribution >= 0.6 is 0 Å². The molecule has 0 bridgehead atoms. The molecule has 9 nitrogen and oxygen atoms in total. The number of aromatic nitrogens is 6. The molecule has 3 aliphatic carbocycles. The first kappa shape index (κ1) is 29.5. The van der Waals surface area contributed by atoms with E-state index in [4.69, 9.17) is 0 Å². The third kappa shape index (κ3) is 4.99. The fraction of sp³-hybridized carbons (Fsp3) is 0.355. The number of nitrogens with zero attached hydrogens (tertiary/aromatic N) is 7. The molecule has 7 rings (SSSR count). The average Bonchev–Trinajstić information content (AvgIpc) is 3.61. The molecule has 4 aromatic heterocycles. The smallest absolute Gasteiger partial charge is 0.251 e. The maximum absolute atomic E-state index is 14.5. The maximum Gasteiger partial charge on any atom is 0.251 e. The zero-order chi connectivity index (χ0) is 31.7. The molecule has 0 amide bonds. The van der Waals surface area contributed by atoms with Gasteiger partial charge in [-0.25, -0.2) is 31.4 Å². The van der Waals surface area contributed by atoms with Gasteiger partial charge in [0.1, 0.15) is 11.5 Å². The van der Waals surface area contributed by atoms with E-state index in [1.807, 2.05) is 6.08 Å². The first-order valence-corrected chi connectivity index (χ1v) is 16.1. The molecule has 0 spiro atoms. The maximum atomic E-state index is 14.5. The number of Topliss-reactive ketones (excluding diaryl/α,β-unsaturated/α-hetero) is 1. The van der Waals surface area contributed by atoms with Crippen molar-refractivity contribution in [3.05, 3.63) is 89.5 Å². The van der Waals surface area contributed by atoms with E-state index in [2.05, 4.69) is 26.0 Å². The van der Waals surface area contributed by atoms with E-state index in [9.17, 15) is 26.6 Å². The number of fused-ring (bicyclic) bond motifs is 2. The summed E-state index contributed by atoms with van der Waals surface area (Å²) in [7, 11) is -1.62. The second kappa shape index (κ2) is 10.4. The number of alkyl halides is 2. The van der Waals surface area contributed by atoms with Gasteiger partial charge in [-0.1, -0.05) is 5.57 Å². The van der Waals surface area contributed by atoms with E-state index in [-0.39, 0.29) is 18.5 Å². The van der Waals surface area contributed by atoms with E-state index in [1.165, 1.54) is 29.3 Å². The number of aryl methyl sites for hydroxylation is 1. The van der Waals surface area contributed by atoms with Crippen molar-refractivity contribution in [3.8, 4) is 5.69 Å².